The summed E-state index contributed by atoms with van der Waals surface area (Å²) in [5.41, 5.74) is 0.266. The number of carbonyl (C=O) groups is 1. The minimum Gasteiger partial charge on any atom is -0.479 e. The van der Waals surface area contributed by atoms with Gasteiger partial charge in [-0.2, -0.15) is 0 Å². The number of carboxylic acid groups (broad SMARTS) is 1. The van der Waals surface area contributed by atoms with Gasteiger partial charge in [-0.1, -0.05) is 0 Å². The van der Waals surface area contributed by atoms with E-state index in [2.05, 4.69) is 25.9 Å². The van der Waals surface area contributed by atoms with Crippen LogP contribution in [0.15, 0.2) is 38.2 Å². The second kappa shape index (κ2) is 4.92. The highest BCUT2D eigenvalue weighted by atomic mass is 16.4. The maximum atomic E-state index is 10.3. The van der Waals surface area contributed by atoms with Gasteiger partial charge in [0.25, 0.3) is 0 Å². The average molecular weight is 197 g/mol. The molecule has 1 aliphatic rings. The summed E-state index contributed by atoms with van der Waals surface area (Å²) in [5.74, 6) is -1.32. The number of aliphatic hydroxyl groups excluding tert-OH is 1. The molecule has 0 amide bonds. The molecule has 0 spiro atoms. The first-order valence-corrected chi connectivity index (χ1v) is 3.64. The molecular weight excluding hydrogens is 190 g/mol. The molecule has 0 radical (unpaired) electrons. The van der Waals surface area contributed by atoms with Crippen LogP contribution in [0.3, 0.4) is 0 Å². The third kappa shape index (κ3) is 3.19. The molecule has 1 rings (SSSR count). The normalized spacial score (nSPS) is 17.1. The molecule has 0 aromatic carbocycles. The molecule has 1 heterocycles. The first-order chi connectivity index (χ1) is 6.70. The molecule has 0 bridgehead atoms. The highest BCUT2D eigenvalue weighted by molar-refractivity contribution is 5.97. The van der Waals surface area contributed by atoms with Crippen molar-refractivity contribution in [1.82, 2.24) is 0 Å². The SMILES string of the molecule is O=C(O)C(O)CC1=NN=NN=NC=C1. The van der Waals surface area contributed by atoms with Crippen LogP contribution in [0.2, 0.25) is 0 Å². The minimum absolute atomic E-state index is 0.152. The molecule has 8 nitrogen and oxygen atoms in total. The maximum Gasteiger partial charge on any atom is 0.332 e. The first kappa shape index (κ1) is 10.1. The van der Waals surface area contributed by atoms with E-state index in [4.69, 9.17) is 10.2 Å². The zero-order valence-electron chi connectivity index (χ0n) is 6.98. The van der Waals surface area contributed by atoms with Gasteiger partial charge in [-0.3, -0.25) is 0 Å². The molecule has 0 aromatic rings. The molecule has 0 saturated carbocycles. The Hall–Kier alpha value is -1.96. The Morgan fingerprint density at radius 3 is 2.93 bits per heavy atom. The van der Waals surface area contributed by atoms with E-state index >= 15 is 0 Å². The van der Waals surface area contributed by atoms with E-state index in [0.717, 1.165) is 0 Å². The molecule has 0 aromatic heterocycles. The number of aliphatic carboxylic acids is 1. The summed E-state index contributed by atoms with van der Waals surface area (Å²) in [6, 6.07) is 0. The molecule has 0 saturated heterocycles. The van der Waals surface area contributed by atoms with E-state index in [1.165, 1.54) is 12.3 Å². The van der Waals surface area contributed by atoms with E-state index in [0.29, 0.717) is 0 Å². The molecule has 8 heteroatoms. The summed E-state index contributed by atoms with van der Waals surface area (Å²) < 4.78 is 0. The Bertz CT molecular complexity index is 332. The van der Waals surface area contributed by atoms with Crippen LogP contribution in [0.1, 0.15) is 6.42 Å². The number of allylic oxidation sites excluding steroid dienone is 1. The lowest BCUT2D eigenvalue weighted by atomic mass is 10.1. The Morgan fingerprint density at radius 1 is 1.43 bits per heavy atom. The monoisotopic (exact) mass is 197 g/mol. The lowest BCUT2D eigenvalue weighted by Gasteiger charge is -2.03. The highest BCUT2D eigenvalue weighted by Crippen LogP contribution is 2.01. The fourth-order valence-corrected chi connectivity index (χ4v) is 0.695. The molecule has 0 aliphatic carbocycles. The topological polar surface area (TPSA) is 119 Å². The predicted octanol–water partition coefficient (Wildman–Crippen LogP) is 0.525. The van der Waals surface area contributed by atoms with Gasteiger partial charge >= 0.3 is 5.97 Å². The van der Waals surface area contributed by atoms with Crippen molar-refractivity contribution in [3.8, 4) is 0 Å². The Kier molecular flexibility index (Phi) is 3.56. The molecule has 1 aliphatic heterocycles. The van der Waals surface area contributed by atoms with Crippen molar-refractivity contribution in [3.63, 3.8) is 0 Å². The molecular formula is C6H7N5O3. The number of nitrogens with zero attached hydrogens (tertiary/aromatic N) is 5. The lowest BCUT2D eigenvalue weighted by molar-refractivity contribution is -0.146. The van der Waals surface area contributed by atoms with Crippen LogP contribution in [0.25, 0.3) is 0 Å². The summed E-state index contributed by atoms with van der Waals surface area (Å²) >= 11 is 0. The van der Waals surface area contributed by atoms with Crippen molar-refractivity contribution in [2.24, 2.45) is 25.9 Å². The minimum atomic E-state index is -1.51. The third-order valence-electron chi connectivity index (χ3n) is 1.33. The Labute approximate surface area is 78.3 Å². The van der Waals surface area contributed by atoms with Crippen molar-refractivity contribution in [1.29, 1.82) is 0 Å². The molecule has 74 valence electrons. The number of aliphatic hydroxyl groups is 1. The largest absolute Gasteiger partial charge is 0.479 e. The lowest BCUT2D eigenvalue weighted by Crippen LogP contribution is -2.22. The van der Waals surface area contributed by atoms with Crippen LogP contribution >= 0.6 is 0 Å². The van der Waals surface area contributed by atoms with Crippen LogP contribution in [0, 0.1) is 0 Å². The van der Waals surface area contributed by atoms with Gasteiger partial charge in [0.1, 0.15) is 0 Å². The Balaban J connectivity index is 2.64. The zero-order valence-corrected chi connectivity index (χ0v) is 6.98. The van der Waals surface area contributed by atoms with Gasteiger partial charge in [-0.05, 0) is 21.7 Å². The number of hydrogen-bond donors (Lipinski definition) is 2. The van der Waals surface area contributed by atoms with Gasteiger partial charge in [0, 0.05) is 6.42 Å². The smallest absolute Gasteiger partial charge is 0.332 e. The van der Waals surface area contributed by atoms with Gasteiger partial charge in [-0.25, -0.2) is 4.79 Å². The summed E-state index contributed by atoms with van der Waals surface area (Å²) in [5, 5.41) is 33.9. The summed E-state index contributed by atoms with van der Waals surface area (Å²) in [6.45, 7) is 0. The van der Waals surface area contributed by atoms with Gasteiger partial charge in [-0.15, -0.1) is 10.2 Å². The van der Waals surface area contributed by atoms with Crippen LogP contribution in [0.4, 0.5) is 0 Å². The van der Waals surface area contributed by atoms with Crippen molar-refractivity contribution in [2.75, 3.05) is 0 Å². The predicted molar refractivity (Wildman–Crippen MR) is 44.5 cm³/mol. The quantitative estimate of drug-likeness (QED) is 0.686. The summed E-state index contributed by atoms with van der Waals surface area (Å²) in [6.07, 6.45) is 1.02. The van der Waals surface area contributed by atoms with Crippen LogP contribution in [-0.4, -0.2) is 28.0 Å². The van der Waals surface area contributed by atoms with E-state index in [-0.39, 0.29) is 12.1 Å². The number of carboxylic acids is 1. The highest BCUT2D eigenvalue weighted by Gasteiger charge is 2.15. The number of rotatable bonds is 3. The maximum absolute atomic E-state index is 10.3. The average Bonchev–Trinajstić information content (AvgIpc) is 2.08. The van der Waals surface area contributed by atoms with Crippen LogP contribution in [-0.2, 0) is 4.79 Å². The molecule has 0 fully saturated rings. The Morgan fingerprint density at radius 2 is 2.21 bits per heavy atom. The summed E-state index contributed by atoms with van der Waals surface area (Å²) in [4.78, 5) is 10.3. The van der Waals surface area contributed by atoms with Gasteiger partial charge < -0.3 is 10.2 Å². The second-order valence-corrected chi connectivity index (χ2v) is 2.35. The molecule has 1 atom stereocenters. The van der Waals surface area contributed by atoms with Crippen molar-refractivity contribution < 1.29 is 15.0 Å². The number of hydrogen-bond acceptors (Lipinski definition) is 7. The van der Waals surface area contributed by atoms with Crippen molar-refractivity contribution >= 4 is 11.7 Å². The van der Waals surface area contributed by atoms with Crippen molar-refractivity contribution in [3.05, 3.63) is 12.3 Å². The van der Waals surface area contributed by atoms with E-state index in [9.17, 15) is 4.79 Å². The van der Waals surface area contributed by atoms with Gasteiger partial charge in [0.2, 0.25) is 0 Å². The first-order valence-electron chi connectivity index (χ1n) is 3.64. The van der Waals surface area contributed by atoms with Crippen LogP contribution < -0.4 is 0 Å². The fraction of sp³-hybridized carbons (Fsp3) is 0.333. The van der Waals surface area contributed by atoms with E-state index in [1.807, 2.05) is 0 Å². The third-order valence-corrected chi connectivity index (χ3v) is 1.33. The zero-order chi connectivity index (χ0) is 10.4. The molecule has 1 unspecified atom stereocenters. The standard InChI is InChI=1S/C6H7N5O3/c12-5(6(13)14)3-4-1-2-7-9-11-10-8-4/h1-2,5,12H,3H2,(H,13,14). The van der Waals surface area contributed by atoms with Crippen LogP contribution in [0.5, 0.6) is 0 Å². The summed E-state index contributed by atoms with van der Waals surface area (Å²) in [7, 11) is 0. The fourth-order valence-electron chi connectivity index (χ4n) is 0.695. The molecule has 2 N–H and O–H groups in total. The van der Waals surface area contributed by atoms with E-state index < -0.39 is 12.1 Å². The van der Waals surface area contributed by atoms with Crippen molar-refractivity contribution in [2.45, 2.75) is 12.5 Å². The second-order valence-electron chi connectivity index (χ2n) is 2.35. The van der Waals surface area contributed by atoms with Gasteiger partial charge in [0.05, 0.1) is 11.9 Å². The van der Waals surface area contributed by atoms with Gasteiger partial charge in [0.15, 0.2) is 6.10 Å². The molecule has 14 heavy (non-hydrogen) atoms. The van der Waals surface area contributed by atoms with E-state index in [1.54, 1.807) is 0 Å².